The summed E-state index contributed by atoms with van der Waals surface area (Å²) in [5.41, 5.74) is 10.3. The van der Waals surface area contributed by atoms with E-state index >= 15 is 0 Å². The first kappa shape index (κ1) is 31.3. The molecule has 0 saturated carbocycles. The third kappa shape index (κ3) is 6.95. The zero-order valence-electron chi connectivity index (χ0n) is 22.6. The van der Waals surface area contributed by atoms with Crippen molar-refractivity contribution in [3.05, 3.63) is 112 Å². The van der Waals surface area contributed by atoms with E-state index in [0.29, 0.717) is 29.7 Å². The van der Waals surface area contributed by atoms with Crippen LogP contribution in [0, 0.1) is 41.5 Å². The number of rotatable bonds is 7. The van der Waals surface area contributed by atoms with Gasteiger partial charge in [0.1, 0.15) is 17.2 Å². The number of phenolic OH excluding ortho intramolecular Hbond substituents is 3. The lowest BCUT2D eigenvalue weighted by Gasteiger charge is -2.20. The Hall–Kier alpha value is -3.72. The third-order valence-electron chi connectivity index (χ3n) is 6.54. The number of benzene rings is 3. The van der Waals surface area contributed by atoms with Gasteiger partial charge in [-0.25, -0.2) is 0 Å². The van der Waals surface area contributed by atoms with Crippen LogP contribution >= 0.6 is 0 Å². The highest BCUT2D eigenvalue weighted by Gasteiger charge is 2.21. The Kier molecular flexibility index (Phi) is 11.5. The summed E-state index contributed by atoms with van der Waals surface area (Å²) in [6, 6.07) is 7.96. The molecule has 0 aliphatic rings. The first-order chi connectivity index (χ1) is 17.0. The Morgan fingerprint density at radius 3 is 1.24 bits per heavy atom. The van der Waals surface area contributed by atoms with E-state index in [4.69, 9.17) is 0 Å². The van der Waals surface area contributed by atoms with E-state index in [1.807, 2.05) is 41.5 Å². The highest BCUT2D eigenvalue weighted by molar-refractivity contribution is 5.84. The zero-order chi connectivity index (χ0) is 27.2. The normalized spacial score (nSPS) is 10.1. The van der Waals surface area contributed by atoms with Crippen molar-refractivity contribution in [1.29, 1.82) is 0 Å². The molecule has 3 nitrogen and oxygen atoms in total. The number of allylic oxidation sites excluding steroid dienone is 3. The monoisotopic (exact) mass is 500 g/mol. The Bertz CT molecular complexity index is 1200. The smallest absolute Gasteiger partial charge is 0.127 e. The summed E-state index contributed by atoms with van der Waals surface area (Å²) in [5.74, 6) is 0.853. The standard InChI is InChI=1S/C22H26O2.C11H14O.CH4/c1-7-9-17-13(3)11-15(5)19(21(17)23)20-16(6)12-14(4)18(10-8-2)22(20)24;1-4-5-10-9(3)6-8(2)7-11(10)12;/h7-8,11-12,23-24H,1-2,9-10H2,3-6H3;4,6-7,12H,1,5H2,2-3H3;1H4. The summed E-state index contributed by atoms with van der Waals surface area (Å²) in [7, 11) is 0. The fraction of sp³-hybridized carbons (Fsp3) is 0.294. The van der Waals surface area contributed by atoms with E-state index in [1.54, 1.807) is 24.3 Å². The van der Waals surface area contributed by atoms with Gasteiger partial charge in [-0.3, -0.25) is 0 Å². The summed E-state index contributed by atoms with van der Waals surface area (Å²) in [4.78, 5) is 0. The number of phenols is 3. The number of hydrogen-bond donors (Lipinski definition) is 3. The maximum absolute atomic E-state index is 10.9. The van der Waals surface area contributed by atoms with Crippen molar-refractivity contribution in [1.82, 2.24) is 0 Å². The van der Waals surface area contributed by atoms with E-state index in [-0.39, 0.29) is 18.9 Å². The maximum Gasteiger partial charge on any atom is 0.127 e. The molecule has 3 aromatic carbocycles. The minimum Gasteiger partial charge on any atom is -0.508 e. The summed E-state index contributed by atoms with van der Waals surface area (Å²) >= 11 is 0. The lowest BCUT2D eigenvalue weighted by Crippen LogP contribution is -1.99. The van der Waals surface area contributed by atoms with Gasteiger partial charge in [-0.1, -0.05) is 43.9 Å². The van der Waals surface area contributed by atoms with Crippen LogP contribution in [0.2, 0.25) is 0 Å². The molecule has 0 unspecified atom stereocenters. The molecule has 0 fully saturated rings. The van der Waals surface area contributed by atoms with Gasteiger partial charge in [0.25, 0.3) is 0 Å². The Balaban J connectivity index is 0.000000445. The van der Waals surface area contributed by atoms with Crippen LogP contribution in [0.3, 0.4) is 0 Å². The van der Waals surface area contributed by atoms with Crippen molar-refractivity contribution in [2.75, 3.05) is 0 Å². The van der Waals surface area contributed by atoms with Crippen molar-refractivity contribution >= 4 is 0 Å². The lowest BCUT2D eigenvalue weighted by molar-refractivity contribution is 0.462. The Labute approximate surface area is 224 Å². The van der Waals surface area contributed by atoms with Crippen LogP contribution in [0.1, 0.15) is 57.5 Å². The van der Waals surface area contributed by atoms with Crippen LogP contribution < -0.4 is 0 Å². The van der Waals surface area contributed by atoms with Gasteiger partial charge in [0.05, 0.1) is 0 Å². The minimum absolute atomic E-state index is 0. The molecule has 0 amide bonds. The number of aromatic hydroxyl groups is 3. The lowest BCUT2D eigenvalue weighted by atomic mass is 9.87. The van der Waals surface area contributed by atoms with Gasteiger partial charge in [-0.05, 0) is 100 Å². The van der Waals surface area contributed by atoms with Gasteiger partial charge >= 0.3 is 0 Å². The van der Waals surface area contributed by atoms with Crippen LogP contribution in [-0.2, 0) is 19.3 Å². The van der Waals surface area contributed by atoms with Crippen LogP contribution in [0.5, 0.6) is 17.2 Å². The van der Waals surface area contributed by atoms with E-state index in [9.17, 15) is 15.3 Å². The molecule has 0 spiro atoms. The SMILES string of the molecule is C.C=CCc1c(C)cc(C)c(-c2c(C)cc(C)c(CC=C)c2O)c1O.C=CCc1c(C)cc(C)cc1O. The van der Waals surface area contributed by atoms with E-state index in [2.05, 4.69) is 37.9 Å². The third-order valence-corrected chi connectivity index (χ3v) is 6.54. The first-order valence-electron chi connectivity index (χ1n) is 12.2. The van der Waals surface area contributed by atoms with Gasteiger partial charge in [-0.15, -0.1) is 19.7 Å². The molecule has 0 aliphatic carbocycles. The highest BCUT2D eigenvalue weighted by atomic mass is 16.3. The average molecular weight is 501 g/mol. The average Bonchev–Trinajstić information content (AvgIpc) is 2.79. The van der Waals surface area contributed by atoms with Crippen LogP contribution in [0.25, 0.3) is 11.1 Å². The summed E-state index contributed by atoms with van der Waals surface area (Å²) in [6.45, 7) is 23.1. The Morgan fingerprint density at radius 1 is 0.541 bits per heavy atom. The number of hydrogen-bond acceptors (Lipinski definition) is 3. The molecular weight excluding hydrogens is 456 g/mol. The molecule has 3 N–H and O–H groups in total. The minimum atomic E-state index is 0. The van der Waals surface area contributed by atoms with E-state index in [0.717, 1.165) is 56.5 Å². The number of aryl methyl sites for hydroxylation is 6. The fourth-order valence-electron chi connectivity index (χ4n) is 4.84. The Morgan fingerprint density at radius 2 is 0.892 bits per heavy atom. The van der Waals surface area contributed by atoms with Crippen molar-refractivity contribution in [2.24, 2.45) is 0 Å². The largest absolute Gasteiger partial charge is 0.508 e. The van der Waals surface area contributed by atoms with Gasteiger partial charge < -0.3 is 15.3 Å². The van der Waals surface area contributed by atoms with Gasteiger partial charge in [-0.2, -0.15) is 0 Å². The quantitative estimate of drug-likeness (QED) is 0.284. The van der Waals surface area contributed by atoms with Crippen LogP contribution in [0.15, 0.2) is 62.2 Å². The molecule has 0 aliphatic heterocycles. The molecule has 37 heavy (non-hydrogen) atoms. The van der Waals surface area contributed by atoms with E-state index < -0.39 is 0 Å². The molecule has 0 radical (unpaired) electrons. The van der Waals surface area contributed by atoms with Gasteiger partial charge in [0.15, 0.2) is 0 Å². The molecule has 0 aromatic heterocycles. The van der Waals surface area contributed by atoms with E-state index in [1.165, 1.54) is 0 Å². The predicted molar refractivity (Wildman–Crippen MR) is 160 cm³/mol. The first-order valence-corrected chi connectivity index (χ1v) is 12.2. The van der Waals surface area contributed by atoms with Crippen molar-refractivity contribution in [3.8, 4) is 28.4 Å². The van der Waals surface area contributed by atoms with Crippen molar-refractivity contribution in [3.63, 3.8) is 0 Å². The molecule has 0 saturated heterocycles. The second kappa shape index (κ2) is 13.5. The second-order valence-corrected chi connectivity index (χ2v) is 9.48. The molecular formula is C34H44O3. The van der Waals surface area contributed by atoms with Gasteiger partial charge in [0, 0.05) is 27.8 Å². The van der Waals surface area contributed by atoms with Gasteiger partial charge in [0.2, 0.25) is 0 Å². The summed E-state index contributed by atoms with van der Waals surface area (Å²) in [6.07, 6.45) is 7.29. The fourth-order valence-corrected chi connectivity index (χ4v) is 4.84. The van der Waals surface area contributed by atoms with Crippen LogP contribution in [-0.4, -0.2) is 15.3 Å². The summed E-state index contributed by atoms with van der Waals surface area (Å²) < 4.78 is 0. The predicted octanol–water partition coefficient (Wildman–Crippen LogP) is 8.83. The topological polar surface area (TPSA) is 60.7 Å². The maximum atomic E-state index is 10.9. The molecule has 0 heterocycles. The zero-order valence-corrected chi connectivity index (χ0v) is 22.6. The molecule has 3 rings (SSSR count). The van der Waals surface area contributed by atoms with Crippen LogP contribution in [0.4, 0.5) is 0 Å². The summed E-state index contributed by atoms with van der Waals surface area (Å²) in [5, 5.41) is 31.3. The van der Waals surface area contributed by atoms with Crippen molar-refractivity contribution in [2.45, 2.75) is 68.2 Å². The highest BCUT2D eigenvalue weighted by Crippen LogP contribution is 2.45. The molecule has 3 heteroatoms. The second-order valence-electron chi connectivity index (χ2n) is 9.48. The molecule has 198 valence electrons. The molecule has 3 aromatic rings. The molecule has 0 bridgehead atoms. The molecule has 0 atom stereocenters. The van der Waals surface area contributed by atoms with Crippen molar-refractivity contribution < 1.29 is 15.3 Å².